The van der Waals surface area contributed by atoms with Gasteiger partial charge in [0.05, 0.1) is 18.4 Å². The van der Waals surface area contributed by atoms with Crippen LogP contribution in [0.4, 0.5) is 13.2 Å². The minimum absolute atomic E-state index is 0.0903. The van der Waals surface area contributed by atoms with E-state index in [4.69, 9.17) is 16.2 Å². The molecule has 0 saturated heterocycles. The van der Waals surface area contributed by atoms with Crippen LogP contribution >= 0.6 is 0 Å². The Morgan fingerprint density at radius 3 is 2.09 bits per heavy atom. The average Bonchev–Trinajstić information content (AvgIpc) is 3.67. The van der Waals surface area contributed by atoms with Gasteiger partial charge in [0.2, 0.25) is 0 Å². The van der Waals surface area contributed by atoms with Crippen LogP contribution in [0.3, 0.4) is 0 Å². The predicted octanol–water partition coefficient (Wildman–Crippen LogP) is 4.37. The molecule has 2 fully saturated rings. The van der Waals surface area contributed by atoms with E-state index in [0.717, 1.165) is 19.8 Å². The van der Waals surface area contributed by atoms with Gasteiger partial charge in [0.1, 0.15) is 0 Å². The number of rotatable bonds is 7. The zero-order valence-electron chi connectivity index (χ0n) is 19.5. The highest BCUT2D eigenvalue weighted by atomic mass is 19.4. The first-order valence-electron chi connectivity index (χ1n) is 11.5. The van der Waals surface area contributed by atoms with E-state index in [-0.39, 0.29) is 29.5 Å². The van der Waals surface area contributed by atoms with Crippen LogP contribution in [-0.4, -0.2) is 42.1 Å². The van der Waals surface area contributed by atoms with Crippen molar-refractivity contribution in [2.24, 2.45) is 16.9 Å². The lowest BCUT2D eigenvalue weighted by atomic mass is 9.67. The molecule has 3 rings (SSSR count). The maximum Gasteiger partial charge on any atom is 0.395 e. The van der Waals surface area contributed by atoms with Crippen molar-refractivity contribution in [1.82, 2.24) is 4.90 Å². The van der Waals surface area contributed by atoms with E-state index in [9.17, 15) is 22.8 Å². The number of carbonyl (C=O) groups excluding carboxylic acids is 2. The van der Waals surface area contributed by atoms with E-state index in [1.807, 2.05) is 4.90 Å². The van der Waals surface area contributed by atoms with Crippen LogP contribution in [0.15, 0.2) is 48.3 Å². The number of carbonyl (C=O) groups is 2. The molecule has 0 spiro atoms. The molecule has 2 aliphatic rings. The van der Waals surface area contributed by atoms with Crippen molar-refractivity contribution in [3.8, 4) is 0 Å². The van der Waals surface area contributed by atoms with Gasteiger partial charge in [0.15, 0.2) is 0 Å². The summed E-state index contributed by atoms with van der Waals surface area (Å²) in [5.74, 6) is -2.19. The molecule has 1 unspecified atom stereocenters. The third-order valence-corrected chi connectivity index (χ3v) is 7.11. The molecule has 0 aromatic heterocycles. The van der Waals surface area contributed by atoms with E-state index in [2.05, 4.69) is 0 Å². The Morgan fingerprint density at radius 1 is 1.09 bits per heavy atom. The standard InChI is InChI=1S/C25H32F3N3O3/c1-16(25(26,27)28)17-3-5-18(6-4-17)22(32)31(20-7-8-20)21-9-12-24(13-10-21,23(33)34-2)19(15-30)11-14-29/h3-6,11,14-16,20-21H,7-10,12-13,29-30H2,1-2H3/b14-11-,19-15+. The summed E-state index contributed by atoms with van der Waals surface area (Å²) in [4.78, 5) is 28.0. The van der Waals surface area contributed by atoms with Crippen molar-refractivity contribution in [3.05, 3.63) is 59.4 Å². The number of methoxy groups -OCH3 is 1. The molecular weight excluding hydrogens is 447 g/mol. The molecule has 1 atom stereocenters. The third-order valence-electron chi connectivity index (χ3n) is 7.11. The summed E-state index contributed by atoms with van der Waals surface area (Å²) < 4.78 is 44.2. The second-order valence-electron chi connectivity index (χ2n) is 9.11. The van der Waals surface area contributed by atoms with Gasteiger partial charge in [-0.2, -0.15) is 13.2 Å². The van der Waals surface area contributed by atoms with Gasteiger partial charge in [-0.3, -0.25) is 9.59 Å². The van der Waals surface area contributed by atoms with Crippen LogP contribution in [0.2, 0.25) is 0 Å². The van der Waals surface area contributed by atoms with Crippen molar-refractivity contribution in [3.63, 3.8) is 0 Å². The molecule has 2 saturated carbocycles. The Balaban J connectivity index is 1.79. The number of hydrogen-bond donors (Lipinski definition) is 2. The fraction of sp³-hybridized carbons (Fsp3) is 0.520. The first kappa shape index (κ1) is 25.6. The van der Waals surface area contributed by atoms with Gasteiger partial charge in [0, 0.05) is 17.6 Å². The molecule has 1 amide bonds. The van der Waals surface area contributed by atoms with Gasteiger partial charge in [0.25, 0.3) is 5.91 Å². The van der Waals surface area contributed by atoms with Crippen LogP contribution in [0.25, 0.3) is 0 Å². The number of hydrogen-bond acceptors (Lipinski definition) is 5. The van der Waals surface area contributed by atoms with Gasteiger partial charge in [-0.25, -0.2) is 0 Å². The van der Waals surface area contributed by atoms with Crippen molar-refractivity contribution in [1.29, 1.82) is 0 Å². The van der Waals surface area contributed by atoms with Gasteiger partial charge in [-0.1, -0.05) is 12.1 Å². The van der Waals surface area contributed by atoms with Gasteiger partial charge >= 0.3 is 12.1 Å². The average molecular weight is 480 g/mol. The number of amides is 1. The minimum atomic E-state index is -4.34. The normalized spacial score (nSPS) is 24.6. The monoisotopic (exact) mass is 479 g/mol. The quantitative estimate of drug-likeness (QED) is 0.447. The Kier molecular flexibility index (Phi) is 7.63. The second kappa shape index (κ2) is 10.1. The smallest absolute Gasteiger partial charge is 0.395 e. The minimum Gasteiger partial charge on any atom is -0.468 e. The van der Waals surface area contributed by atoms with E-state index >= 15 is 0 Å². The van der Waals surface area contributed by atoms with Crippen molar-refractivity contribution < 1.29 is 27.5 Å². The molecule has 186 valence electrons. The highest BCUT2D eigenvalue weighted by Gasteiger charge is 2.48. The van der Waals surface area contributed by atoms with Crippen LogP contribution < -0.4 is 11.5 Å². The largest absolute Gasteiger partial charge is 0.468 e. The maximum absolute atomic E-state index is 13.4. The summed E-state index contributed by atoms with van der Waals surface area (Å²) in [6.07, 6.45) is 3.75. The van der Waals surface area contributed by atoms with E-state index in [1.165, 1.54) is 43.8 Å². The zero-order chi connectivity index (χ0) is 25.1. The number of allylic oxidation sites excluding steroid dienone is 1. The molecular formula is C25H32F3N3O3. The van der Waals surface area contributed by atoms with Crippen LogP contribution in [-0.2, 0) is 9.53 Å². The molecule has 0 radical (unpaired) electrons. The van der Waals surface area contributed by atoms with Gasteiger partial charge in [-0.15, -0.1) is 0 Å². The fourth-order valence-corrected chi connectivity index (χ4v) is 4.89. The van der Waals surface area contributed by atoms with Crippen molar-refractivity contribution in [2.75, 3.05) is 7.11 Å². The summed E-state index contributed by atoms with van der Waals surface area (Å²) in [5, 5.41) is 0. The molecule has 9 heteroatoms. The molecule has 6 nitrogen and oxygen atoms in total. The number of ether oxygens (including phenoxy) is 1. The van der Waals surface area contributed by atoms with Crippen LogP contribution in [0, 0.1) is 5.41 Å². The molecule has 4 N–H and O–H groups in total. The summed E-state index contributed by atoms with van der Waals surface area (Å²) in [6.45, 7) is 1.10. The van der Waals surface area contributed by atoms with Crippen molar-refractivity contribution in [2.45, 2.75) is 69.6 Å². The molecule has 1 aromatic rings. The Morgan fingerprint density at radius 2 is 1.65 bits per heavy atom. The number of nitrogens with zero attached hydrogens (tertiary/aromatic N) is 1. The number of nitrogens with two attached hydrogens (primary N) is 2. The van der Waals surface area contributed by atoms with E-state index < -0.39 is 17.5 Å². The lowest BCUT2D eigenvalue weighted by molar-refractivity contribution is -0.152. The van der Waals surface area contributed by atoms with E-state index in [1.54, 1.807) is 6.08 Å². The summed E-state index contributed by atoms with van der Waals surface area (Å²) >= 11 is 0. The van der Waals surface area contributed by atoms with Gasteiger partial charge < -0.3 is 21.1 Å². The number of halogens is 3. The molecule has 0 aliphatic heterocycles. The molecule has 34 heavy (non-hydrogen) atoms. The first-order chi connectivity index (χ1) is 16.1. The van der Waals surface area contributed by atoms with Crippen molar-refractivity contribution >= 4 is 11.9 Å². The van der Waals surface area contributed by atoms with E-state index in [0.29, 0.717) is 36.8 Å². The zero-order valence-corrected chi connectivity index (χ0v) is 19.5. The highest BCUT2D eigenvalue weighted by Crippen LogP contribution is 2.46. The Bertz CT molecular complexity index is 944. The topological polar surface area (TPSA) is 98.7 Å². The van der Waals surface area contributed by atoms with Crippen LogP contribution in [0.5, 0.6) is 0 Å². The fourth-order valence-electron chi connectivity index (χ4n) is 4.89. The molecule has 0 bridgehead atoms. The summed E-state index contributed by atoms with van der Waals surface area (Å²) in [6, 6.07) is 5.70. The highest BCUT2D eigenvalue weighted by molar-refractivity contribution is 5.95. The molecule has 0 heterocycles. The number of benzene rings is 1. The summed E-state index contributed by atoms with van der Waals surface area (Å²) in [7, 11) is 1.33. The Hall–Kier alpha value is -2.97. The number of esters is 1. The lowest BCUT2D eigenvalue weighted by Gasteiger charge is -2.42. The lowest BCUT2D eigenvalue weighted by Crippen LogP contribution is -2.48. The first-order valence-corrected chi connectivity index (χ1v) is 11.5. The second-order valence-corrected chi connectivity index (χ2v) is 9.11. The Labute approximate surface area is 197 Å². The predicted molar refractivity (Wildman–Crippen MR) is 122 cm³/mol. The maximum atomic E-state index is 13.4. The van der Waals surface area contributed by atoms with Gasteiger partial charge in [-0.05, 0) is 87.2 Å². The summed E-state index contributed by atoms with van der Waals surface area (Å²) in [5.41, 5.74) is 11.5. The number of alkyl halides is 3. The molecule has 1 aromatic carbocycles. The van der Waals surface area contributed by atoms with Crippen LogP contribution in [0.1, 0.15) is 67.3 Å². The SMILES string of the molecule is COC(=O)C1(C(/C=C\N)=C/N)CCC(N(C(=O)c2ccc(C(C)C(F)(F)F)cc2)C2CC2)CC1. The third kappa shape index (κ3) is 5.08. The molecule has 2 aliphatic carbocycles.